The van der Waals surface area contributed by atoms with Gasteiger partial charge in [-0.05, 0) is 73.1 Å². The lowest BCUT2D eigenvalue weighted by molar-refractivity contribution is -0.136. The Morgan fingerprint density at radius 1 is 0.971 bits per heavy atom. The summed E-state index contributed by atoms with van der Waals surface area (Å²) in [6, 6.07) is 21.2. The lowest BCUT2D eigenvalue weighted by Gasteiger charge is -2.24. The van der Waals surface area contributed by atoms with Crippen LogP contribution in [-0.2, 0) is 17.8 Å². The van der Waals surface area contributed by atoms with E-state index in [4.69, 9.17) is 4.74 Å². The number of carboxylic acid groups (broad SMARTS) is 1. The lowest BCUT2D eigenvalue weighted by Crippen LogP contribution is -2.31. The Morgan fingerprint density at radius 2 is 1.71 bits per heavy atom. The van der Waals surface area contributed by atoms with Crippen LogP contribution in [0.5, 0.6) is 5.75 Å². The predicted octanol–water partition coefficient (Wildman–Crippen LogP) is 6.42. The van der Waals surface area contributed by atoms with E-state index in [1.54, 1.807) is 0 Å². The molecule has 3 aromatic carbocycles. The number of ether oxygens (including phenoxy) is 1. The Bertz CT molecular complexity index is 1150. The number of hydrogen-bond donors (Lipinski definition) is 2. The van der Waals surface area contributed by atoms with Gasteiger partial charge in [-0.25, -0.2) is 0 Å². The number of aliphatic carboxylic acids is 1. The summed E-state index contributed by atoms with van der Waals surface area (Å²) in [6.07, 6.45) is 1.06. The Labute approximate surface area is 208 Å². The van der Waals surface area contributed by atoms with Crippen molar-refractivity contribution in [3.05, 3.63) is 100 Å². The van der Waals surface area contributed by atoms with Crippen LogP contribution < -0.4 is 10.1 Å². The molecule has 35 heavy (non-hydrogen) atoms. The number of benzene rings is 3. The van der Waals surface area contributed by atoms with Crippen LogP contribution in [-0.4, -0.2) is 17.0 Å². The largest absolute Gasteiger partial charge is 0.489 e. The molecule has 0 aromatic heterocycles. The number of hydrogen-bond acceptors (Lipinski definition) is 3. The second-order valence-corrected chi connectivity index (χ2v) is 9.50. The summed E-state index contributed by atoms with van der Waals surface area (Å²) in [7, 11) is 0. The van der Waals surface area contributed by atoms with E-state index in [0.717, 1.165) is 40.0 Å². The van der Waals surface area contributed by atoms with Gasteiger partial charge in [-0.1, -0.05) is 67.9 Å². The molecular weight excluding hydrogens is 438 g/mol. The standard InChI is InChI=1S/C30H35NO4/c1-20(2)16-28(26-17-21(3)10-11-22(26)4)31-30(34)27-18-23(12-13-24(27)14-15-29(32)33)19-35-25-8-6-5-7-9-25/h5-13,17-18,20,28H,14-16,19H2,1-4H3,(H,31,34)(H,32,33). The van der Waals surface area contributed by atoms with Crippen LogP contribution in [0.1, 0.15) is 70.9 Å². The number of carbonyl (C=O) groups is 2. The fraction of sp³-hybridized carbons (Fsp3) is 0.333. The molecule has 0 radical (unpaired) electrons. The third kappa shape index (κ3) is 7.71. The lowest BCUT2D eigenvalue weighted by atomic mass is 9.92. The van der Waals surface area contributed by atoms with Crippen LogP contribution in [0.15, 0.2) is 66.7 Å². The minimum absolute atomic E-state index is 0.0352. The molecule has 1 amide bonds. The van der Waals surface area contributed by atoms with Gasteiger partial charge in [0.25, 0.3) is 5.91 Å². The maximum atomic E-state index is 13.6. The molecule has 184 valence electrons. The monoisotopic (exact) mass is 473 g/mol. The van der Waals surface area contributed by atoms with E-state index in [0.29, 0.717) is 18.1 Å². The number of carbonyl (C=O) groups excluding carboxylic acids is 1. The van der Waals surface area contributed by atoms with Gasteiger partial charge in [0.15, 0.2) is 0 Å². The van der Waals surface area contributed by atoms with E-state index in [1.807, 2.05) is 48.5 Å². The third-order valence-corrected chi connectivity index (χ3v) is 6.00. The number of rotatable bonds is 11. The van der Waals surface area contributed by atoms with Gasteiger partial charge in [0.05, 0.1) is 6.04 Å². The Morgan fingerprint density at radius 3 is 2.40 bits per heavy atom. The highest BCUT2D eigenvalue weighted by molar-refractivity contribution is 5.96. The summed E-state index contributed by atoms with van der Waals surface area (Å²) in [4.78, 5) is 24.8. The summed E-state index contributed by atoms with van der Waals surface area (Å²) >= 11 is 0. The van der Waals surface area contributed by atoms with E-state index in [1.165, 1.54) is 0 Å². The maximum Gasteiger partial charge on any atom is 0.303 e. The number of carboxylic acids is 1. The molecule has 0 aliphatic rings. The van der Waals surface area contributed by atoms with Crippen molar-refractivity contribution in [1.82, 2.24) is 5.32 Å². The van der Waals surface area contributed by atoms with Gasteiger partial charge in [-0.15, -0.1) is 0 Å². The van der Waals surface area contributed by atoms with Crippen LogP contribution >= 0.6 is 0 Å². The van der Waals surface area contributed by atoms with Crippen molar-refractivity contribution in [3.63, 3.8) is 0 Å². The van der Waals surface area contributed by atoms with Gasteiger partial charge >= 0.3 is 5.97 Å². The summed E-state index contributed by atoms with van der Waals surface area (Å²) < 4.78 is 5.87. The molecule has 5 nitrogen and oxygen atoms in total. The van der Waals surface area contributed by atoms with E-state index < -0.39 is 5.97 Å². The summed E-state index contributed by atoms with van der Waals surface area (Å²) in [5, 5.41) is 12.4. The van der Waals surface area contributed by atoms with E-state index >= 15 is 0 Å². The Hall–Kier alpha value is -3.60. The van der Waals surface area contributed by atoms with Crippen molar-refractivity contribution in [2.75, 3.05) is 0 Å². The average molecular weight is 474 g/mol. The number of nitrogens with one attached hydrogen (secondary N) is 1. The van der Waals surface area contributed by atoms with Crippen molar-refractivity contribution in [3.8, 4) is 5.75 Å². The highest BCUT2D eigenvalue weighted by Crippen LogP contribution is 2.27. The molecule has 0 spiro atoms. The van der Waals surface area contributed by atoms with Crippen molar-refractivity contribution in [1.29, 1.82) is 0 Å². The molecule has 2 N–H and O–H groups in total. The molecule has 0 saturated carbocycles. The Kier molecular flexibility index (Phi) is 9.07. The molecule has 1 atom stereocenters. The number of aryl methyl sites for hydroxylation is 3. The zero-order valence-corrected chi connectivity index (χ0v) is 21.0. The molecule has 0 bridgehead atoms. The molecule has 0 heterocycles. The summed E-state index contributed by atoms with van der Waals surface area (Å²) in [6.45, 7) is 8.72. The fourth-order valence-electron chi connectivity index (χ4n) is 4.17. The van der Waals surface area contributed by atoms with Gasteiger partial charge in [0, 0.05) is 12.0 Å². The van der Waals surface area contributed by atoms with Gasteiger partial charge in [-0.3, -0.25) is 9.59 Å². The van der Waals surface area contributed by atoms with Crippen LogP contribution in [0.2, 0.25) is 0 Å². The van der Waals surface area contributed by atoms with Gasteiger partial charge in [-0.2, -0.15) is 0 Å². The second-order valence-electron chi connectivity index (χ2n) is 9.50. The highest BCUT2D eigenvalue weighted by atomic mass is 16.5. The predicted molar refractivity (Wildman–Crippen MR) is 139 cm³/mol. The number of amides is 1. The quantitative estimate of drug-likeness (QED) is 0.337. The van der Waals surface area contributed by atoms with Crippen LogP contribution in [0.3, 0.4) is 0 Å². The molecule has 0 aliphatic carbocycles. The van der Waals surface area contributed by atoms with E-state index in [2.05, 4.69) is 51.2 Å². The van der Waals surface area contributed by atoms with Gasteiger partial charge in [0.2, 0.25) is 0 Å². The molecule has 5 heteroatoms. The zero-order chi connectivity index (χ0) is 25.4. The molecule has 0 saturated heterocycles. The smallest absolute Gasteiger partial charge is 0.303 e. The van der Waals surface area contributed by atoms with Crippen molar-refractivity contribution in [2.45, 2.75) is 59.6 Å². The van der Waals surface area contributed by atoms with E-state index in [9.17, 15) is 14.7 Å². The average Bonchev–Trinajstić information content (AvgIpc) is 2.83. The molecule has 3 rings (SSSR count). The SMILES string of the molecule is Cc1ccc(C)c(C(CC(C)C)NC(=O)c2cc(COc3ccccc3)ccc2CCC(=O)O)c1. The molecular formula is C30H35NO4. The van der Waals surface area contributed by atoms with Crippen LogP contribution in [0.25, 0.3) is 0 Å². The first-order valence-electron chi connectivity index (χ1n) is 12.1. The van der Waals surface area contributed by atoms with E-state index in [-0.39, 0.29) is 24.8 Å². The first-order chi connectivity index (χ1) is 16.7. The highest BCUT2D eigenvalue weighted by Gasteiger charge is 2.21. The normalized spacial score (nSPS) is 11.8. The third-order valence-electron chi connectivity index (χ3n) is 6.00. The van der Waals surface area contributed by atoms with Gasteiger partial charge in [0.1, 0.15) is 12.4 Å². The zero-order valence-electron chi connectivity index (χ0n) is 21.0. The topological polar surface area (TPSA) is 75.6 Å². The van der Waals surface area contributed by atoms with Crippen molar-refractivity contribution >= 4 is 11.9 Å². The van der Waals surface area contributed by atoms with Crippen LogP contribution in [0.4, 0.5) is 0 Å². The maximum absolute atomic E-state index is 13.6. The number of para-hydroxylation sites is 1. The summed E-state index contributed by atoms with van der Waals surface area (Å²) in [5.41, 5.74) is 5.47. The fourth-order valence-corrected chi connectivity index (χ4v) is 4.17. The second kappa shape index (κ2) is 12.2. The molecule has 0 aliphatic heterocycles. The summed E-state index contributed by atoms with van der Waals surface area (Å²) in [5.74, 6) is 0.0529. The van der Waals surface area contributed by atoms with Gasteiger partial charge < -0.3 is 15.2 Å². The molecule has 1 unspecified atom stereocenters. The minimum Gasteiger partial charge on any atom is -0.489 e. The first-order valence-corrected chi connectivity index (χ1v) is 12.1. The van der Waals surface area contributed by atoms with Crippen molar-refractivity contribution in [2.24, 2.45) is 5.92 Å². The Balaban J connectivity index is 1.89. The van der Waals surface area contributed by atoms with Crippen LogP contribution in [0, 0.1) is 19.8 Å². The molecule has 0 fully saturated rings. The first kappa shape index (κ1) is 26.0. The minimum atomic E-state index is -0.888. The molecule has 3 aromatic rings. The van der Waals surface area contributed by atoms with Crippen molar-refractivity contribution < 1.29 is 19.4 Å².